The van der Waals surface area contributed by atoms with Crippen LogP contribution in [-0.2, 0) is 19.6 Å². The van der Waals surface area contributed by atoms with Crippen LogP contribution in [0.2, 0.25) is 0 Å². The third-order valence-corrected chi connectivity index (χ3v) is 4.69. The Hall–Kier alpha value is -1.45. The van der Waals surface area contributed by atoms with Crippen molar-refractivity contribution in [1.82, 2.24) is 4.31 Å². The first kappa shape index (κ1) is 17.6. The lowest BCUT2D eigenvalue weighted by Crippen LogP contribution is -2.32. The smallest absolute Gasteiger partial charge is 0.338 e. The van der Waals surface area contributed by atoms with Crippen LogP contribution < -0.4 is 0 Å². The summed E-state index contributed by atoms with van der Waals surface area (Å²) in [6.45, 7) is 1.12. The number of rotatable bonds is 6. The summed E-state index contributed by atoms with van der Waals surface area (Å²) in [6, 6.07) is 3.86. The second kappa shape index (κ2) is 7.01. The predicted molar refractivity (Wildman–Crippen MR) is 77.6 cm³/mol. The molecule has 0 saturated carbocycles. The zero-order valence-electron chi connectivity index (χ0n) is 11.4. The van der Waals surface area contributed by atoms with Gasteiger partial charge in [0.15, 0.2) is 0 Å². The minimum absolute atomic E-state index is 0.0634. The molecule has 1 rings (SSSR count). The number of carboxylic acid groups (broad SMARTS) is 1. The van der Waals surface area contributed by atoms with Crippen molar-refractivity contribution in [3.05, 3.63) is 28.2 Å². The normalized spacial score (nSPS) is 11.4. The van der Waals surface area contributed by atoms with Crippen molar-refractivity contribution in [2.75, 3.05) is 20.2 Å². The lowest BCUT2D eigenvalue weighted by atomic mass is 10.2. The molecule has 0 atom stereocenters. The van der Waals surface area contributed by atoms with Gasteiger partial charge in [-0.25, -0.2) is 13.2 Å². The van der Waals surface area contributed by atoms with Gasteiger partial charge in [-0.2, -0.15) is 4.31 Å². The molecule has 0 fully saturated rings. The molecule has 1 N–H and O–H groups in total. The molecule has 1 aromatic carbocycles. The predicted octanol–water partition coefficient (Wildman–Crippen LogP) is 1.33. The van der Waals surface area contributed by atoms with Gasteiger partial charge in [-0.3, -0.25) is 4.79 Å². The number of sulfonamides is 1. The van der Waals surface area contributed by atoms with E-state index in [0.29, 0.717) is 8.78 Å². The Bertz CT molecular complexity index is 658. The fourth-order valence-corrected chi connectivity index (χ4v) is 3.34. The van der Waals surface area contributed by atoms with E-state index in [-0.39, 0.29) is 17.1 Å². The van der Waals surface area contributed by atoms with Crippen molar-refractivity contribution >= 4 is 37.9 Å². The summed E-state index contributed by atoms with van der Waals surface area (Å²) < 4.78 is 30.4. The lowest BCUT2D eigenvalue weighted by Gasteiger charge is -2.15. The van der Waals surface area contributed by atoms with Gasteiger partial charge in [-0.05, 0) is 25.1 Å². The van der Waals surface area contributed by atoms with Gasteiger partial charge < -0.3 is 9.84 Å². The summed E-state index contributed by atoms with van der Waals surface area (Å²) >= 11 is 3.12. The molecule has 1 aromatic rings. The Morgan fingerprint density at radius 1 is 1.33 bits per heavy atom. The largest absolute Gasteiger partial charge is 0.480 e. The van der Waals surface area contributed by atoms with Crippen molar-refractivity contribution < 1.29 is 27.9 Å². The zero-order valence-corrected chi connectivity index (χ0v) is 13.8. The van der Waals surface area contributed by atoms with E-state index in [9.17, 15) is 18.0 Å². The number of halogens is 1. The third-order valence-electron chi connectivity index (χ3n) is 2.45. The van der Waals surface area contributed by atoms with E-state index in [1.807, 2.05) is 0 Å². The Morgan fingerprint density at radius 2 is 1.95 bits per heavy atom. The summed E-state index contributed by atoms with van der Waals surface area (Å²) in [5.74, 6) is -1.93. The number of carbonyl (C=O) groups is 2. The summed E-state index contributed by atoms with van der Waals surface area (Å²) in [5, 5.41) is 8.67. The molecule has 9 heteroatoms. The molecular formula is C12H14BrNO6S. The standard InChI is InChI=1S/C12H14BrNO6S/c1-3-20-12(17)8-4-9(13)6-10(5-8)21(18,19)14(2)7-11(15)16/h4-6H,3,7H2,1-2H3,(H,15,16). The fraction of sp³-hybridized carbons (Fsp3) is 0.333. The molecule has 0 amide bonds. The molecule has 0 aromatic heterocycles. The number of ether oxygens (including phenoxy) is 1. The van der Waals surface area contributed by atoms with Crippen LogP contribution in [0.4, 0.5) is 0 Å². The van der Waals surface area contributed by atoms with Crippen molar-refractivity contribution in [1.29, 1.82) is 0 Å². The molecule has 0 bridgehead atoms. The molecule has 116 valence electrons. The van der Waals surface area contributed by atoms with Crippen LogP contribution in [0.3, 0.4) is 0 Å². The molecule has 0 unspecified atom stereocenters. The van der Waals surface area contributed by atoms with Gasteiger partial charge in [0.05, 0.1) is 17.1 Å². The molecule has 7 nitrogen and oxygen atoms in total. The summed E-state index contributed by atoms with van der Waals surface area (Å²) in [4.78, 5) is 22.1. The van der Waals surface area contributed by atoms with E-state index >= 15 is 0 Å². The van der Waals surface area contributed by atoms with Crippen LogP contribution in [0.25, 0.3) is 0 Å². The lowest BCUT2D eigenvalue weighted by molar-refractivity contribution is -0.137. The van der Waals surface area contributed by atoms with Gasteiger partial charge in [-0.1, -0.05) is 15.9 Å². The van der Waals surface area contributed by atoms with E-state index in [1.165, 1.54) is 12.1 Å². The van der Waals surface area contributed by atoms with E-state index in [4.69, 9.17) is 9.84 Å². The highest BCUT2D eigenvalue weighted by atomic mass is 79.9. The van der Waals surface area contributed by atoms with Crippen molar-refractivity contribution in [3.8, 4) is 0 Å². The highest BCUT2D eigenvalue weighted by Crippen LogP contribution is 2.22. The Labute approximate surface area is 130 Å². The Kier molecular flexibility index (Phi) is 5.87. The minimum Gasteiger partial charge on any atom is -0.480 e. The molecule has 0 aliphatic carbocycles. The first-order valence-corrected chi connectivity index (χ1v) is 8.07. The number of hydrogen-bond acceptors (Lipinski definition) is 5. The Balaban J connectivity index is 3.24. The van der Waals surface area contributed by atoms with Gasteiger partial charge in [0.1, 0.15) is 6.54 Å². The molecule has 0 radical (unpaired) electrons. The highest BCUT2D eigenvalue weighted by Gasteiger charge is 2.24. The monoisotopic (exact) mass is 379 g/mol. The maximum atomic E-state index is 12.2. The van der Waals surface area contributed by atoms with Crippen LogP contribution in [0.5, 0.6) is 0 Å². The zero-order chi connectivity index (χ0) is 16.2. The number of hydrogen-bond donors (Lipinski definition) is 1. The quantitative estimate of drug-likeness (QED) is 0.748. The number of carbonyl (C=O) groups excluding carboxylic acids is 1. The van der Waals surface area contributed by atoms with Gasteiger partial charge >= 0.3 is 11.9 Å². The van der Waals surface area contributed by atoms with Crippen molar-refractivity contribution in [2.45, 2.75) is 11.8 Å². The molecule has 0 aliphatic rings. The third kappa shape index (κ3) is 4.51. The fourth-order valence-electron chi connectivity index (χ4n) is 1.50. The number of esters is 1. The summed E-state index contributed by atoms with van der Waals surface area (Å²) in [7, 11) is -2.87. The molecule has 0 aliphatic heterocycles. The number of benzene rings is 1. The van der Waals surface area contributed by atoms with Crippen molar-refractivity contribution in [3.63, 3.8) is 0 Å². The maximum Gasteiger partial charge on any atom is 0.338 e. The minimum atomic E-state index is -4.01. The molecule has 0 spiro atoms. The summed E-state index contributed by atoms with van der Waals surface area (Å²) in [5.41, 5.74) is 0.0634. The van der Waals surface area contributed by atoms with Gasteiger partial charge in [0.2, 0.25) is 10.0 Å². The van der Waals surface area contributed by atoms with Gasteiger partial charge in [-0.15, -0.1) is 0 Å². The van der Waals surface area contributed by atoms with Gasteiger partial charge in [0, 0.05) is 11.5 Å². The maximum absolute atomic E-state index is 12.2. The SMILES string of the molecule is CCOC(=O)c1cc(Br)cc(S(=O)(=O)N(C)CC(=O)O)c1. The van der Waals surface area contributed by atoms with Crippen LogP contribution in [-0.4, -0.2) is 50.0 Å². The average Bonchev–Trinajstić information content (AvgIpc) is 2.37. The van der Waals surface area contributed by atoms with Crippen LogP contribution in [0.15, 0.2) is 27.6 Å². The van der Waals surface area contributed by atoms with E-state index in [0.717, 1.165) is 13.1 Å². The number of nitrogens with zero attached hydrogens (tertiary/aromatic N) is 1. The molecule has 0 heterocycles. The summed E-state index contributed by atoms with van der Waals surface area (Å²) in [6.07, 6.45) is 0. The first-order valence-electron chi connectivity index (χ1n) is 5.84. The van der Waals surface area contributed by atoms with E-state index < -0.39 is 28.5 Å². The molecule has 21 heavy (non-hydrogen) atoms. The number of aliphatic carboxylic acids is 1. The first-order chi connectivity index (χ1) is 9.68. The van der Waals surface area contributed by atoms with E-state index in [2.05, 4.69) is 15.9 Å². The number of carboxylic acids is 1. The van der Waals surface area contributed by atoms with Crippen LogP contribution >= 0.6 is 15.9 Å². The second-order valence-corrected chi connectivity index (χ2v) is 7.01. The second-order valence-electron chi connectivity index (χ2n) is 4.05. The molecule has 0 saturated heterocycles. The number of likely N-dealkylation sites (N-methyl/N-ethyl adjacent to an activating group) is 1. The molecular weight excluding hydrogens is 366 g/mol. The van der Waals surface area contributed by atoms with Crippen LogP contribution in [0, 0.1) is 0 Å². The van der Waals surface area contributed by atoms with Crippen LogP contribution in [0.1, 0.15) is 17.3 Å². The Morgan fingerprint density at radius 3 is 2.48 bits per heavy atom. The highest BCUT2D eigenvalue weighted by molar-refractivity contribution is 9.10. The topological polar surface area (TPSA) is 101 Å². The van der Waals surface area contributed by atoms with Crippen molar-refractivity contribution in [2.24, 2.45) is 0 Å². The average molecular weight is 380 g/mol. The van der Waals surface area contributed by atoms with Gasteiger partial charge in [0.25, 0.3) is 0 Å². The van der Waals surface area contributed by atoms with E-state index in [1.54, 1.807) is 6.92 Å².